The first-order valence-corrected chi connectivity index (χ1v) is 13.8. The lowest BCUT2D eigenvalue weighted by atomic mass is 10.0. The Morgan fingerprint density at radius 3 is 1.93 bits per heavy atom. The summed E-state index contributed by atoms with van der Waals surface area (Å²) in [6.07, 6.45) is -0.748. The molecule has 42 heavy (non-hydrogen) atoms. The molecule has 0 saturated carbocycles. The standard InChI is InChI=1S/C33H32F3N3O2S/c1-32(2,3)41-30(40)19-23-6-10-26(11-7-23)27-12-8-24(9-13-27)21-39(22-25-5-4-18-37-20-25)31(42)38-29-16-14-28(15-17-29)33(34,35)36/h4-18,20H,19,21-22H2,1-3H3,(H,38,42). The van der Waals surface area contributed by atoms with Gasteiger partial charge in [0, 0.05) is 31.2 Å². The minimum Gasteiger partial charge on any atom is -0.460 e. The fraction of sp³-hybridized carbons (Fsp3) is 0.242. The predicted molar refractivity (Wildman–Crippen MR) is 163 cm³/mol. The molecular weight excluding hydrogens is 559 g/mol. The summed E-state index contributed by atoms with van der Waals surface area (Å²) in [7, 11) is 0. The van der Waals surface area contributed by atoms with Crippen LogP contribution in [0, 0.1) is 0 Å². The van der Waals surface area contributed by atoms with Gasteiger partial charge < -0.3 is 15.0 Å². The molecule has 3 aromatic carbocycles. The summed E-state index contributed by atoms with van der Waals surface area (Å²) in [6, 6.07) is 24.4. The molecule has 0 fully saturated rings. The van der Waals surface area contributed by atoms with Crippen molar-refractivity contribution in [2.45, 2.75) is 52.1 Å². The van der Waals surface area contributed by atoms with E-state index in [0.717, 1.165) is 39.9 Å². The van der Waals surface area contributed by atoms with Crippen LogP contribution >= 0.6 is 12.2 Å². The first-order chi connectivity index (χ1) is 19.9. The van der Waals surface area contributed by atoms with Gasteiger partial charge in [0.15, 0.2) is 5.11 Å². The van der Waals surface area contributed by atoms with Crippen LogP contribution in [0.2, 0.25) is 0 Å². The van der Waals surface area contributed by atoms with Crippen molar-refractivity contribution in [1.82, 2.24) is 9.88 Å². The van der Waals surface area contributed by atoms with Gasteiger partial charge in [-0.1, -0.05) is 54.6 Å². The van der Waals surface area contributed by atoms with E-state index in [2.05, 4.69) is 10.3 Å². The molecular formula is C33H32F3N3O2S. The van der Waals surface area contributed by atoms with Crippen molar-refractivity contribution in [2.75, 3.05) is 5.32 Å². The molecule has 1 heterocycles. The monoisotopic (exact) mass is 591 g/mol. The quantitative estimate of drug-likeness (QED) is 0.165. The molecule has 9 heteroatoms. The first kappa shape index (κ1) is 30.7. The Hall–Kier alpha value is -4.24. The predicted octanol–water partition coefficient (Wildman–Crippen LogP) is 8.05. The largest absolute Gasteiger partial charge is 0.460 e. The number of halogens is 3. The van der Waals surface area contributed by atoms with Gasteiger partial charge in [0.2, 0.25) is 0 Å². The van der Waals surface area contributed by atoms with Crippen LogP contribution in [-0.4, -0.2) is 26.6 Å². The van der Waals surface area contributed by atoms with E-state index in [9.17, 15) is 18.0 Å². The molecule has 0 unspecified atom stereocenters. The van der Waals surface area contributed by atoms with Crippen molar-refractivity contribution in [1.29, 1.82) is 0 Å². The van der Waals surface area contributed by atoms with Crippen LogP contribution in [0.25, 0.3) is 11.1 Å². The number of hydrogen-bond donors (Lipinski definition) is 1. The summed E-state index contributed by atoms with van der Waals surface area (Å²) in [5.41, 5.74) is 4.09. The number of nitrogens with one attached hydrogen (secondary N) is 1. The van der Waals surface area contributed by atoms with E-state index >= 15 is 0 Å². The van der Waals surface area contributed by atoms with Gasteiger partial charge in [-0.3, -0.25) is 9.78 Å². The normalized spacial score (nSPS) is 11.6. The topological polar surface area (TPSA) is 54.5 Å². The van der Waals surface area contributed by atoms with Gasteiger partial charge in [-0.25, -0.2) is 0 Å². The van der Waals surface area contributed by atoms with Crippen molar-refractivity contribution in [3.05, 3.63) is 120 Å². The van der Waals surface area contributed by atoms with Crippen LogP contribution in [0.15, 0.2) is 97.3 Å². The molecule has 0 saturated heterocycles. The number of carbonyl (C=O) groups is 1. The molecule has 5 nitrogen and oxygen atoms in total. The first-order valence-electron chi connectivity index (χ1n) is 13.4. The Kier molecular flexibility index (Phi) is 9.63. The Morgan fingerprint density at radius 1 is 0.833 bits per heavy atom. The molecule has 0 aliphatic carbocycles. The number of nitrogens with zero attached hydrogens (tertiary/aromatic N) is 2. The van der Waals surface area contributed by atoms with E-state index in [1.54, 1.807) is 12.4 Å². The highest BCUT2D eigenvalue weighted by Gasteiger charge is 2.30. The van der Waals surface area contributed by atoms with Gasteiger partial charge >= 0.3 is 12.1 Å². The smallest absolute Gasteiger partial charge is 0.416 e. The SMILES string of the molecule is CC(C)(C)OC(=O)Cc1ccc(-c2ccc(CN(Cc3cccnc3)C(=S)Nc3ccc(C(F)(F)F)cc3)cc2)cc1. The van der Waals surface area contributed by atoms with Crippen LogP contribution < -0.4 is 5.32 Å². The third kappa shape index (κ3) is 9.14. The van der Waals surface area contributed by atoms with Crippen LogP contribution in [-0.2, 0) is 35.2 Å². The number of pyridine rings is 1. The molecule has 0 aliphatic rings. The van der Waals surface area contributed by atoms with Crippen LogP contribution in [0.4, 0.5) is 18.9 Å². The molecule has 0 atom stereocenters. The second kappa shape index (κ2) is 13.2. The highest BCUT2D eigenvalue weighted by atomic mass is 32.1. The molecule has 1 aromatic heterocycles. The number of carbonyl (C=O) groups excluding carboxylic acids is 1. The molecule has 218 valence electrons. The fourth-order valence-corrected chi connectivity index (χ4v) is 4.49. The number of hydrogen-bond acceptors (Lipinski definition) is 4. The van der Waals surface area contributed by atoms with Gasteiger partial charge in [0.25, 0.3) is 0 Å². The average molecular weight is 592 g/mol. The van der Waals surface area contributed by atoms with Gasteiger partial charge in [0.05, 0.1) is 12.0 Å². The minimum absolute atomic E-state index is 0.212. The molecule has 0 radical (unpaired) electrons. The number of ether oxygens (including phenoxy) is 1. The third-order valence-electron chi connectivity index (χ3n) is 6.23. The number of aromatic nitrogens is 1. The van der Waals surface area contributed by atoms with E-state index in [-0.39, 0.29) is 12.4 Å². The zero-order valence-electron chi connectivity index (χ0n) is 23.6. The average Bonchev–Trinajstić information content (AvgIpc) is 2.93. The number of alkyl halides is 3. The Bertz CT molecular complexity index is 1480. The highest BCUT2D eigenvalue weighted by Crippen LogP contribution is 2.30. The lowest BCUT2D eigenvalue weighted by molar-refractivity contribution is -0.153. The Labute approximate surface area is 249 Å². The Balaban J connectivity index is 1.45. The summed E-state index contributed by atoms with van der Waals surface area (Å²) in [4.78, 5) is 18.3. The number of esters is 1. The summed E-state index contributed by atoms with van der Waals surface area (Å²) in [5, 5.41) is 3.44. The van der Waals surface area contributed by atoms with Gasteiger partial charge in [-0.05, 0) is 91.1 Å². The minimum atomic E-state index is -4.40. The second-order valence-electron chi connectivity index (χ2n) is 10.9. The number of thiocarbonyl (C=S) groups is 1. The second-order valence-corrected chi connectivity index (χ2v) is 11.3. The highest BCUT2D eigenvalue weighted by molar-refractivity contribution is 7.80. The van der Waals surface area contributed by atoms with Crippen LogP contribution in [0.5, 0.6) is 0 Å². The van der Waals surface area contributed by atoms with Gasteiger partial charge in [-0.15, -0.1) is 0 Å². The molecule has 0 aliphatic heterocycles. The lowest BCUT2D eigenvalue weighted by Crippen LogP contribution is -2.33. The molecule has 4 aromatic rings. The maximum Gasteiger partial charge on any atom is 0.416 e. The van der Waals surface area contributed by atoms with E-state index in [1.807, 2.05) is 86.3 Å². The molecule has 1 N–H and O–H groups in total. The fourth-order valence-electron chi connectivity index (χ4n) is 4.24. The van der Waals surface area contributed by atoms with E-state index in [0.29, 0.717) is 23.9 Å². The number of benzene rings is 3. The van der Waals surface area contributed by atoms with Crippen molar-refractivity contribution < 1.29 is 22.7 Å². The van der Waals surface area contributed by atoms with Crippen molar-refractivity contribution >= 4 is 29.0 Å². The van der Waals surface area contributed by atoms with E-state index in [4.69, 9.17) is 17.0 Å². The van der Waals surface area contributed by atoms with Crippen LogP contribution in [0.3, 0.4) is 0 Å². The van der Waals surface area contributed by atoms with Gasteiger partial charge in [0.1, 0.15) is 5.60 Å². The number of anilines is 1. The molecule has 0 amide bonds. The zero-order chi connectivity index (χ0) is 30.3. The number of rotatable bonds is 8. The molecule has 4 rings (SSSR count). The zero-order valence-corrected chi connectivity index (χ0v) is 24.4. The Morgan fingerprint density at radius 2 is 1.40 bits per heavy atom. The maximum absolute atomic E-state index is 13.0. The third-order valence-corrected chi connectivity index (χ3v) is 6.59. The summed E-state index contributed by atoms with van der Waals surface area (Å²) in [6.45, 7) is 6.47. The summed E-state index contributed by atoms with van der Waals surface area (Å²) < 4.78 is 44.3. The van der Waals surface area contributed by atoms with Gasteiger partial charge in [-0.2, -0.15) is 13.2 Å². The van der Waals surface area contributed by atoms with Crippen LogP contribution in [0.1, 0.15) is 43.0 Å². The summed E-state index contributed by atoms with van der Waals surface area (Å²) in [5.74, 6) is -0.263. The van der Waals surface area contributed by atoms with E-state index in [1.165, 1.54) is 12.1 Å². The molecule has 0 bridgehead atoms. The molecule has 0 spiro atoms. The van der Waals surface area contributed by atoms with Crippen molar-refractivity contribution in [3.63, 3.8) is 0 Å². The van der Waals surface area contributed by atoms with E-state index < -0.39 is 17.3 Å². The lowest BCUT2D eigenvalue weighted by Gasteiger charge is -2.26. The van der Waals surface area contributed by atoms with Crippen molar-refractivity contribution in [3.8, 4) is 11.1 Å². The maximum atomic E-state index is 13.0. The summed E-state index contributed by atoms with van der Waals surface area (Å²) >= 11 is 5.67. The van der Waals surface area contributed by atoms with Crippen molar-refractivity contribution in [2.24, 2.45) is 0 Å².